The lowest BCUT2D eigenvalue weighted by atomic mass is 10.2. The van der Waals surface area contributed by atoms with Gasteiger partial charge in [0.1, 0.15) is 5.25 Å². The van der Waals surface area contributed by atoms with Crippen LogP contribution in [-0.4, -0.2) is 41.5 Å². The highest BCUT2D eigenvalue weighted by molar-refractivity contribution is 8.15. The standard InChI is InChI=1S/C17H20ClN3O3S/c1-10-12(18)5-2-6-13(10)20-15(22)8-14-16(23)21-17(25-14)19-9-11-4-3-7-24-11/h2,5-6,11,14H,3-4,7-9H2,1H3,(H,20,22)(H,19,21,23)/t11-,14-/m1/s1. The first-order chi connectivity index (χ1) is 12.0. The van der Waals surface area contributed by atoms with Crippen molar-refractivity contribution in [1.82, 2.24) is 5.32 Å². The monoisotopic (exact) mass is 381 g/mol. The number of anilines is 1. The van der Waals surface area contributed by atoms with Crippen LogP contribution >= 0.6 is 23.4 Å². The van der Waals surface area contributed by atoms with Crippen molar-refractivity contribution in [3.63, 3.8) is 0 Å². The van der Waals surface area contributed by atoms with Crippen molar-refractivity contribution < 1.29 is 14.3 Å². The van der Waals surface area contributed by atoms with Gasteiger partial charge < -0.3 is 15.4 Å². The SMILES string of the molecule is Cc1c(Cl)cccc1NC(=O)C[C@H]1SC(=NC[C@H]2CCCO2)NC1=O. The molecule has 2 aliphatic heterocycles. The third-order valence-electron chi connectivity index (χ3n) is 4.15. The first-order valence-corrected chi connectivity index (χ1v) is 9.47. The second-order valence-corrected chi connectivity index (χ2v) is 7.64. The zero-order valence-corrected chi connectivity index (χ0v) is 15.5. The minimum Gasteiger partial charge on any atom is -0.376 e. The average molecular weight is 382 g/mol. The molecule has 0 unspecified atom stereocenters. The van der Waals surface area contributed by atoms with Crippen molar-refractivity contribution in [2.75, 3.05) is 18.5 Å². The van der Waals surface area contributed by atoms with E-state index in [9.17, 15) is 9.59 Å². The van der Waals surface area contributed by atoms with Gasteiger partial charge >= 0.3 is 0 Å². The minimum atomic E-state index is -0.470. The molecule has 1 aromatic carbocycles. The third kappa shape index (κ3) is 4.74. The molecule has 8 heteroatoms. The van der Waals surface area contributed by atoms with Gasteiger partial charge in [-0.05, 0) is 37.5 Å². The Morgan fingerprint density at radius 2 is 2.36 bits per heavy atom. The Morgan fingerprint density at radius 3 is 3.12 bits per heavy atom. The zero-order valence-electron chi connectivity index (χ0n) is 13.9. The lowest BCUT2D eigenvalue weighted by molar-refractivity contribution is -0.122. The summed E-state index contributed by atoms with van der Waals surface area (Å²) < 4.78 is 5.51. The summed E-state index contributed by atoms with van der Waals surface area (Å²) in [5, 5.41) is 6.24. The van der Waals surface area contributed by atoms with Crippen LogP contribution < -0.4 is 10.6 Å². The predicted octanol–water partition coefficient (Wildman–Crippen LogP) is 2.74. The van der Waals surface area contributed by atoms with Crippen molar-refractivity contribution in [1.29, 1.82) is 0 Å². The number of nitrogens with one attached hydrogen (secondary N) is 2. The van der Waals surface area contributed by atoms with E-state index in [1.54, 1.807) is 18.2 Å². The number of ether oxygens (including phenoxy) is 1. The summed E-state index contributed by atoms with van der Waals surface area (Å²) in [6.45, 7) is 3.16. The van der Waals surface area contributed by atoms with Crippen molar-refractivity contribution in [2.45, 2.75) is 37.5 Å². The zero-order chi connectivity index (χ0) is 17.8. The second kappa shape index (κ2) is 8.21. The molecule has 0 radical (unpaired) electrons. The number of aliphatic imine (C=N–C) groups is 1. The van der Waals surface area contributed by atoms with Gasteiger partial charge in [-0.3, -0.25) is 14.6 Å². The van der Waals surface area contributed by atoms with E-state index in [1.807, 2.05) is 6.92 Å². The van der Waals surface area contributed by atoms with Crippen LogP contribution in [-0.2, 0) is 14.3 Å². The number of carbonyl (C=O) groups is 2. The van der Waals surface area contributed by atoms with Gasteiger partial charge in [0.2, 0.25) is 11.8 Å². The van der Waals surface area contributed by atoms with Crippen LogP contribution in [0.2, 0.25) is 5.02 Å². The molecular weight excluding hydrogens is 362 g/mol. The number of amidine groups is 1. The molecule has 0 aromatic heterocycles. The van der Waals surface area contributed by atoms with Crippen molar-refractivity contribution in [3.8, 4) is 0 Å². The van der Waals surface area contributed by atoms with Gasteiger partial charge in [-0.2, -0.15) is 0 Å². The maximum Gasteiger partial charge on any atom is 0.240 e. The van der Waals surface area contributed by atoms with Crippen LogP contribution in [0.3, 0.4) is 0 Å². The normalized spacial score (nSPS) is 24.6. The fraction of sp³-hybridized carbons (Fsp3) is 0.471. The summed E-state index contributed by atoms with van der Waals surface area (Å²) in [6.07, 6.45) is 2.28. The van der Waals surface area contributed by atoms with Crippen LogP contribution in [0.4, 0.5) is 5.69 Å². The lowest BCUT2D eigenvalue weighted by Crippen LogP contribution is -2.28. The number of halogens is 1. The summed E-state index contributed by atoms with van der Waals surface area (Å²) in [4.78, 5) is 28.7. The Morgan fingerprint density at radius 1 is 1.52 bits per heavy atom. The van der Waals surface area contributed by atoms with E-state index in [1.165, 1.54) is 11.8 Å². The van der Waals surface area contributed by atoms with Gasteiger partial charge in [0.25, 0.3) is 0 Å². The number of amides is 2. The maximum atomic E-state index is 12.2. The molecule has 3 rings (SSSR count). The van der Waals surface area contributed by atoms with E-state index in [0.29, 0.717) is 22.4 Å². The maximum absolute atomic E-state index is 12.2. The quantitative estimate of drug-likeness (QED) is 0.821. The van der Waals surface area contributed by atoms with E-state index in [2.05, 4.69) is 15.6 Å². The van der Waals surface area contributed by atoms with Gasteiger partial charge in [0, 0.05) is 23.7 Å². The molecule has 2 aliphatic rings. The van der Waals surface area contributed by atoms with Gasteiger partial charge in [-0.1, -0.05) is 29.4 Å². The molecule has 25 heavy (non-hydrogen) atoms. The number of rotatable bonds is 5. The van der Waals surface area contributed by atoms with Crippen LogP contribution in [0.5, 0.6) is 0 Å². The Balaban J connectivity index is 1.53. The van der Waals surface area contributed by atoms with Gasteiger partial charge in [0.05, 0.1) is 12.6 Å². The number of hydrogen-bond acceptors (Lipinski definition) is 5. The van der Waals surface area contributed by atoms with Crippen LogP contribution in [0.1, 0.15) is 24.8 Å². The third-order valence-corrected chi connectivity index (χ3v) is 5.68. The molecule has 6 nitrogen and oxygen atoms in total. The van der Waals surface area contributed by atoms with E-state index in [4.69, 9.17) is 16.3 Å². The molecule has 2 N–H and O–H groups in total. The van der Waals surface area contributed by atoms with E-state index < -0.39 is 5.25 Å². The highest BCUT2D eigenvalue weighted by Crippen LogP contribution is 2.26. The average Bonchev–Trinajstić information content (AvgIpc) is 3.20. The highest BCUT2D eigenvalue weighted by atomic mass is 35.5. The minimum absolute atomic E-state index is 0.0847. The van der Waals surface area contributed by atoms with Gasteiger partial charge in [-0.25, -0.2) is 0 Å². The van der Waals surface area contributed by atoms with Crippen molar-refractivity contribution >= 4 is 46.0 Å². The number of nitrogens with zero attached hydrogens (tertiary/aromatic N) is 1. The fourth-order valence-electron chi connectivity index (χ4n) is 2.70. The summed E-state index contributed by atoms with van der Waals surface area (Å²) in [5.74, 6) is -0.410. The molecule has 2 amide bonds. The second-order valence-electron chi connectivity index (χ2n) is 6.04. The molecule has 2 saturated heterocycles. The summed E-state index contributed by atoms with van der Waals surface area (Å²) in [7, 11) is 0. The molecule has 1 aromatic rings. The van der Waals surface area contributed by atoms with Crippen molar-refractivity contribution in [3.05, 3.63) is 28.8 Å². The molecule has 0 saturated carbocycles. The molecule has 0 aliphatic carbocycles. The van der Waals surface area contributed by atoms with Gasteiger partial charge in [0.15, 0.2) is 5.17 Å². The molecule has 2 atom stereocenters. The fourth-order valence-corrected chi connectivity index (χ4v) is 3.85. The van der Waals surface area contributed by atoms with Crippen LogP contribution in [0.25, 0.3) is 0 Å². The number of hydrogen-bond donors (Lipinski definition) is 2. The summed E-state index contributed by atoms with van der Waals surface area (Å²) >= 11 is 7.35. The molecule has 134 valence electrons. The van der Waals surface area contributed by atoms with Gasteiger partial charge in [-0.15, -0.1) is 0 Å². The molecule has 0 bridgehead atoms. The molecule has 0 spiro atoms. The first-order valence-electron chi connectivity index (χ1n) is 8.21. The van der Waals surface area contributed by atoms with E-state index in [-0.39, 0.29) is 24.3 Å². The number of benzene rings is 1. The topological polar surface area (TPSA) is 79.8 Å². The first kappa shape index (κ1) is 18.2. The predicted molar refractivity (Wildman–Crippen MR) is 100 cm³/mol. The molecule has 2 heterocycles. The van der Waals surface area contributed by atoms with E-state index >= 15 is 0 Å². The lowest BCUT2D eigenvalue weighted by Gasteiger charge is -2.10. The van der Waals surface area contributed by atoms with Crippen LogP contribution in [0, 0.1) is 6.92 Å². The molecule has 2 fully saturated rings. The smallest absolute Gasteiger partial charge is 0.240 e. The van der Waals surface area contributed by atoms with E-state index in [0.717, 1.165) is 25.0 Å². The number of carbonyl (C=O) groups excluding carboxylic acids is 2. The molecular formula is C17H20ClN3O3S. The number of thioether (sulfide) groups is 1. The van der Waals surface area contributed by atoms with Crippen molar-refractivity contribution in [2.24, 2.45) is 4.99 Å². The summed E-state index contributed by atoms with van der Waals surface area (Å²) in [6, 6.07) is 5.33. The Labute approximate surface area is 155 Å². The Kier molecular flexibility index (Phi) is 5.98. The Bertz CT molecular complexity index is 704. The Hall–Kier alpha value is -1.57. The summed E-state index contributed by atoms with van der Waals surface area (Å²) in [5.41, 5.74) is 1.47. The highest BCUT2D eigenvalue weighted by Gasteiger charge is 2.32. The van der Waals surface area contributed by atoms with Crippen LogP contribution in [0.15, 0.2) is 23.2 Å². The largest absolute Gasteiger partial charge is 0.376 e.